The fraction of sp³-hybridized carbons (Fsp3) is 0.231. The van der Waals surface area contributed by atoms with E-state index in [1.54, 1.807) is 20.8 Å². The third kappa shape index (κ3) is 2.42. The van der Waals surface area contributed by atoms with Crippen LogP contribution in [-0.4, -0.2) is 16.1 Å². The number of nitrogens with one attached hydrogen (secondary N) is 2. The third-order valence-corrected chi connectivity index (χ3v) is 2.89. The summed E-state index contributed by atoms with van der Waals surface area (Å²) in [6.07, 6.45) is 0. The summed E-state index contributed by atoms with van der Waals surface area (Å²) in [7, 11) is 0. The number of H-pyrrole nitrogens is 1. The van der Waals surface area contributed by atoms with E-state index in [0.29, 0.717) is 28.3 Å². The van der Waals surface area contributed by atoms with Crippen LogP contribution in [0, 0.1) is 26.6 Å². The molecule has 1 aromatic carbocycles. The first-order valence-electron chi connectivity index (χ1n) is 5.78. The summed E-state index contributed by atoms with van der Waals surface area (Å²) >= 11 is 0. The van der Waals surface area contributed by atoms with Crippen molar-refractivity contribution in [1.82, 2.24) is 10.2 Å². The number of carbonyl (C=O) groups excluding carboxylic acids is 1. The van der Waals surface area contributed by atoms with Gasteiger partial charge in [0.05, 0.1) is 22.6 Å². The van der Waals surface area contributed by atoms with Crippen LogP contribution < -0.4 is 11.1 Å². The average Bonchev–Trinajstić information content (AvgIpc) is 2.65. The highest BCUT2D eigenvalue weighted by Crippen LogP contribution is 2.21. The first-order valence-corrected chi connectivity index (χ1v) is 5.78. The Morgan fingerprint density at radius 1 is 1.37 bits per heavy atom. The van der Waals surface area contributed by atoms with Gasteiger partial charge in [-0.2, -0.15) is 5.10 Å². The number of aromatic nitrogens is 2. The molecule has 0 saturated heterocycles. The van der Waals surface area contributed by atoms with E-state index < -0.39 is 11.7 Å². The maximum atomic E-state index is 13.9. The fourth-order valence-electron chi connectivity index (χ4n) is 1.88. The van der Waals surface area contributed by atoms with Crippen molar-refractivity contribution in [2.75, 3.05) is 11.1 Å². The molecule has 0 aliphatic heterocycles. The number of nitrogens with zero attached hydrogens (tertiary/aromatic N) is 1. The van der Waals surface area contributed by atoms with E-state index in [9.17, 15) is 9.18 Å². The lowest BCUT2D eigenvalue weighted by Crippen LogP contribution is -2.15. The van der Waals surface area contributed by atoms with E-state index in [4.69, 9.17) is 5.73 Å². The maximum absolute atomic E-state index is 13.9. The van der Waals surface area contributed by atoms with Crippen molar-refractivity contribution in [2.45, 2.75) is 20.8 Å². The van der Waals surface area contributed by atoms with Gasteiger partial charge in [-0.3, -0.25) is 9.89 Å². The predicted molar refractivity (Wildman–Crippen MR) is 71.6 cm³/mol. The van der Waals surface area contributed by atoms with Gasteiger partial charge in [-0.15, -0.1) is 0 Å². The molecule has 0 radical (unpaired) electrons. The Bertz CT molecular complexity index is 629. The van der Waals surface area contributed by atoms with Gasteiger partial charge in [0.1, 0.15) is 5.82 Å². The molecule has 4 N–H and O–H groups in total. The van der Waals surface area contributed by atoms with Gasteiger partial charge in [0.25, 0.3) is 5.91 Å². The number of benzene rings is 1. The zero-order valence-electron chi connectivity index (χ0n) is 11.0. The summed E-state index contributed by atoms with van der Waals surface area (Å²) < 4.78 is 13.9. The van der Waals surface area contributed by atoms with Crippen LogP contribution in [0.4, 0.5) is 15.8 Å². The minimum absolute atomic E-state index is 0.0718. The third-order valence-electron chi connectivity index (χ3n) is 2.89. The van der Waals surface area contributed by atoms with E-state index in [1.165, 1.54) is 12.1 Å². The van der Waals surface area contributed by atoms with Gasteiger partial charge in [0.15, 0.2) is 0 Å². The van der Waals surface area contributed by atoms with Crippen LogP contribution in [-0.2, 0) is 0 Å². The minimum atomic E-state index is -0.564. The van der Waals surface area contributed by atoms with Crippen LogP contribution in [0.15, 0.2) is 12.1 Å². The number of anilines is 2. The summed E-state index contributed by atoms with van der Waals surface area (Å²) in [6, 6.07) is 2.81. The van der Waals surface area contributed by atoms with Gasteiger partial charge in [-0.05, 0) is 38.5 Å². The summed E-state index contributed by atoms with van der Waals surface area (Å²) in [4.78, 5) is 12.1. The normalized spacial score (nSPS) is 10.5. The number of halogens is 1. The highest BCUT2D eigenvalue weighted by molar-refractivity contribution is 6.05. The topological polar surface area (TPSA) is 83.8 Å². The highest BCUT2D eigenvalue weighted by Gasteiger charge is 2.17. The predicted octanol–water partition coefficient (Wildman–Crippen LogP) is 2.31. The van der Waals surface area contributed by atoms with E-state index in [1.807, 2.05) is 0 Å². The smallest absolute Gasteiger partial charge is 0.258 e. The number of nitrogen functional groups attached to an aromatic ring is 1. The number of amides is 1. The van der Waals surface area contributed by atoms with Crippen LogP contribution in [0.1, 0.15) is 27.3 Å². The summed E-state index contributed by atoms with van der Waals surface area (Å²) in [5, 5.41) is 9.35. The summed E-state index contributed by atoms with van der Waals surface area (Å²) in [6.45, 7) is 5.09. The van der Waals surface area contributed by atoms with Crippen molar-refractivity contribution < 1.29 is 9.18 Å². The number of carbonyl (C=O) groups is 1. The van der Waals surface area contributed by atoms with Gasteiger partial charge in [-0.1, -0.05) is 0 Å². The number of aromatic amines is 1. The largest absolute Gasteiger partial charge is 0.399 e. The van der Waals surface area contributed by atoms with Crippen LogP contribution in [0.25, 0.3) is 0 Å². The van der Waals surface area contributed by atoms with Gasteiger partial charge in [0, 0.05) is 5.69 Å². The van der Waals surface area contributed by atoms with E-state index in [0.717, 1.165) is 0 Å². The van der Waals surface area contributed by atoms with E-state index in [2.05, 4.69) is 15.5 Å². The van der Waals surface area contributed by atoms with Crippen molar-refractivity contribution in [2.24, 2.45) is 0 Å². The van der Waals surface area contributed by atoms with Crippen molar-refractivity contribution in [3.05, 3.63) is 40.5 Å². The van der Waals surface area contributed by atoms with Crippen LogP contribution in [0.2, 0.25) is 0 Å². The van der Waals surface area contributed by atoms with Crippen molar-refractivity contribution in [3.63, 3.8) is 0 Å². The van der Waals surface area contributed by atoms with E-state index in [-0.39, 0.29) is 5.56 Å². The highest BCUT2D eigenvalue weighted by atomic mass is 19.1. The average molecular weight is 262 g/mol. The molecule has 2 aromatic rings. The number of hydrogen-bond acceptors (Lipinski definition) is 3. The van der Waals surface area contributed by atoms with Gasteiger partial charge in [0.2, 0.25) is 0 Å². The number of hydrogen-bond donors (Lipinski definition) is 3. The summed E-state index contributed by atoms with van der Waals surface area (Å²) in [5.41, 5.74) is 8.17. The monoisotopic (exact) mass is 262 g/mol. The molecular formula is C13H15FN4O. The van der Waals surface area contributed by atoms with E-state index >= 15 is 0 Å². The Morgan fingerprint density at radius 3 is 2.63 bits per heavy atom. The van der Waals surface area contributed by atoms with Crippen molar-refractivity contribution in [1.29, 1.82) is 0 Å². The first-order chi connectivity index (χ1) is 8.90. The standard InChI is InChI=1S/C13H15FN4O/c1-6-4-9(15)5-10(11(6)14)13(19)16-12-7(2)17-18-8(12)3/h4-5H,15H2,1-3H3,(H,16,19)(H,17,18). The Morgan fingerprint density at radius 2 is 2.05 bits per heavy atom. The molecule has 0 aliphatic rings. The quantitative estimate of drug-likeness (QED) is 0.726. The molecule has 0 spiro atoms. The molecule has 0 atom stereocenters. The van der Waals surface area contributed by atoms with Gasteiger partial charge < -0.3 is 11.1 Å². The molecule has 1 heterocycles. The lowest BCUT2D eigenvalue weighted by molar-refractivity contribution is 0.102. The molecule has 0 bridgehead atoms. The molecule has 6 heteroatoms. The second-order valence-electron chi connectivity index (χ2n) is 4.46. The zero-order chi connectivity index (χ0) is 14.2. The molecule has 1 amide bonds. The summed E-state index contributed by atoms with van der Waals surface area (Å²) in [5.74, 6) is -1.11. The molecule has 0 unspecified atom stereocenters. The molecule has 100 valence electrons. The molecule has 1 aromatic heterocycles. The second-order valence-corrected chi connectivity index (χ2v) is 4.46. The van der Waals surface area contributed by atoms with Crippen molar-refractivity contribution in [3.8, 4) is 0 Å². The first kappa shape index (κ1) is 13.1. The number of rotatable bonds is 2. The minimum Gasteiger partial charge on any atom is -0.399 e. The molecule has 2 rings (SSSR count). The van der Waals surface area contributed by atoms with Crippen LogP contribution >= 0.6 is 0 Å². The molecular weight excluding hydrogens is 247 g/mol. The molecule has 0 saturated carbocycles. The van der Waals surface area contributed by atoms with Crippen LogP contribution in [0.5, 0.6) is 0 Å². The fourth-order valence-corrected chi connectivity index (χ4v) is 1.88. The van der Waals surface area contributed by atoms with Gasteiger partial charge >= 0.3 is 0 Å². The van der Waals surface area contributed by atoms with Crippen LogP contribution in [0.3, 0.4) is 0 Å². The molecule has 0 fully saturated rings. The Balaban J connectivity index is 2.36. The maximum Gasteiger partial charge on any atom is 0.258 e. The molecule has 0 aliphatic carbocycles. The SMILES string of the molecule is Cc1cc(N)cc(C(=O)Nc2c(C)n[nH]c2C)c1F. The number of aryl methyl sites for hydroxylation is 3. The van der Waals surface area contributed by atoms with Gasteiger partial charge in [-0.25, -0.2) is 4.39 Å². The molecule has 19 heavy (non-hydrogen) atoms. The van der Waals surface area contributed by atoms with Crippen molar-refractivity contribution >= 4 is 17.3 Å². The lowest BCUT2D eigenvalue weighted by atomic mass is 10.1. The number of nitrogens with two attached hydrogens (primary N) is 1. The Labute approximate surface area is 110 Å². The second kappa shape index (κ2) is 4.72. The Hall–Kier alpha value is -2.37. The molecule has 5 nitrogen and oxygen atoms in total. The lowest BCUT2D eigenvalue weighted by Gasteiger charge is -2.09. The zero-order valence-corrected chi connectivity index (χ0v) is 11.0. The Kier molecular flexibility index (Phi) is 3.25.